The highest BCUT2D eigenvalue weighted by Crippen LogP contribution is 2.38. The Hall–Kier alpha value is -1.33. The van der Waals surface area contributed by atoms with Crippen LogP contribution >= 0.6 is 23.2 Å². The van der Waals surface area contributed by atoms with Gasteiger partial charge in [-0.05, 0) is 36.5 Å². The van der Waals surface area contributed by atoms with Crippen LogP contribution in [0.1, 0.15) is 36.8 Å². The molecule has 1 unspecified atom stereocenters. The summed E-state index contributed by atoms with van der Waals surface area (Å²) >= 11 is 12.4. The molecule has 0 saturated carbocycles. The van der Waals surface area contributed by atoms with Crippen LogP contribution in [0, 0.1) is 5.92 Å². The van der Waals surface area contributed by atoms with Crippen molar-refractivity contribution in [2.24, 2.45) is 5.92 Å². The molecule has 1 aliphatic carbocycles. The van der Waals surface area contributed by atoms with Gasteiger partial charge >= 0.3 is 0 Å². The number of benzene rings is 1. The van der Waals surface area contributed by atoms with Crippen LogP contribution < -0.4 is 10.6 Å². The number of nitrogens with zero attached hydrogens (tertiary/aromatic N) is 1. The molecule has 1 fully saturated rings. The molecule has 0 bridgehead atoms. The van der Waals surface area contributed by atoms with Crippen molar-refractivity contribution in [1.82, 2.24) is 10.2 Å². The van der Waals surface area contributed by atoms with Gasteiger partial charge in [0.25, 0.3) is 0 Å². The van der Waals surface area contributed by atoms with Crippen LogP contribution in [-0.4, -0.2) is 43.5 Å². The van der Waals surface area contributed by atoms with Gasteiger partial charge in [-0.2, -0.15) is 0 Å². The second-order valence-electron chi connectivity index (χ2n) is 8.57. The van der Waals surface area contributed by atoms with Gasteiger partial charge in [-0.3, -0.25) is 4.79 Å². The van der Waals surface area contributed by atoms with Crippen LogP contribution in [-0.2, 0) is 16.8 Å². The zero-order valence-corrected chi connectivity index (χ0v) is 18.5. The quantitative estimate of drug-likeness (QED) is 0.748. The molecule has 2 atom stereocenters. The van der Waals surface area contributed by atoms with E-state index in [9.17, 15) is 4.79 Å². The average molecular weight is 435 g/mol. The lowest BCUT2D eigenvalue weighted by atomic mass is 9.75. The molecule has 29 heavy (non-hydrogen) atoms. The van der Waals surface area contributed by atoms with Gasteiger partial charge in [0.1, 0.15) is 0 Å². The predicted molar refractivity (Wildman–Crippen MR) is 118 cm³/mol. The molecule has 0 radical (unpaired) electrons. The lowest BCUT2D eigenvalue weighted by Crippen LogP contribution is -2.88. The van der Waals surface area contributed by atoms with Crippen molar-refractivity contribution in [2.75, 3.05) is 26.7 Å². The number of fused-ring (bicyclic) bond motifs is 2. The fraction of sp³-hybridized carbons (Fsp3) is 0.522. The molecule has 3 N–H and O–H groups in total. The Morgan fingerprint density at radius 2 is 2.03 bits per heavy atom. The lowest BCUT2D eigenvalue weighted by Gasteiger charge is -2.46. The maximum Gasteiger partial charge on any atom is 0.225 e. The third-order valence-corrected chi connectivity index (χ3v) is 7.70. The predicted octanol–water partition coefficient (Wildman–Crippen LogP) is 2.87. The Bertz CT molecular complexity index is 827. The minimum Gasteiger partial charge on any atom is -0.346 e. The van der Waals surface area contributed by atoms with E-state index in [-0.39, 0.29) is 11.4 Å². The minimum atomic E-state index is -0.181. The number of hydrogen-bond donors (Lipinski definition) is 2. The fourth-order valence-corrected chi connectivity index (χ4v) is 5.56. The SMILES string of the molecule is C[NH2+][C@@H](CCN1CCC2(CC1)NC(=O)Cc1ccccc12)C1C=CC(Cl)=C(Cl)C1. The Kier molecular flexibility index (Phi) is 6.35. The van der Waals surface area contributed by atoms with E-state index < -0.39 is 0 Å². The molecular weight excluding hydrogens is 405 g/mol. The summed E-state index contributed by atoms with van der Waals surface area (Å²) in [7, 11) is 2.14. The fourth-order valence-electron chi connectivity index (χ4n) is 5.17. The molecule has 4 rings (SSSR count). The molecule has 2 heterocycles. The Labute approximate surface area is 183 Å². The van der Waals surface area contributed by atoms with Crippen molar-refractivity contribution in [3.63, 3.8) is 0 Å². The average Bonchev–Trinajstić information content (AvgIpc) is 2.72. The summed E-state index contributed by atoms with van der Waals surface area (Å²) in [5.74, 6) is 0.584. The van der Waals surface area contributed by atoms with Gasteiger partial charge in [0.2, 0.25) is 5.91 Å². The van der Waals surface area contributed by atoms with Crippen LogP contribution in [0.4, 0.5) is 0 Å². The Morgan fingerprint density at radius 1 is 1.28 bits per heavy atom. The smallest absolute Gasteiger partial charge is 0.225 e. The molecule has 3 aliphatic rings. The molecule has 2 aliphatic heterocycles. The summed E-state index contributed by atoms with van der Waals surface area (Å²) in [4.78, 5) is 14.8. The molecule has 1 spiro atoms. The number of carbonyl (C=O) groups excluding carboxylic acids is 1. The van der Waals surface area contributed by atoms with E-state index in [1.807, 2.05) is 12.1 Å². The minimum absolute atomic E-state index is 0.158. The number of hydrogen-bond acceptors (Lipinski definition) is 2. The first-order valence-corrected chi connectivity index (χ1v) is 11.4. The number of piperidine rings is 1. The topological polar surface area (TPSA) is 49.0 Å². The van der Waals surface area contributed by atoms with E-state index in [1.54, 1.807) is 0 Å². The number of nitrogens with one attached hydrogen (secondary N) is 1. The van der Waals surface area contributed by atoms with E-state index in [0.717, 1.165) is 50.3 Å². The second kappa shape index (κ2) is 8.81. The zero-order chi connectivity index (χ0) is 20.4. The number of likely N-dealkylation sites (tertiary alicyclic amines) is 1. The van der Waals surface area contributed by atoms with Gasteiger partial charge in [0.15, 0.2) is 0 Å². The third kappa shape index (κ3) is 4.41. The third-order valence-electron chi connectivity index (χ3n) is 6.89. The number of nitrogens with two attached hydrogens (primary N) is 1. The summed E-state index contributed by atoms with van der Waals surface area (Å²) < 4.78 is 0. The second-order valence-corrected chi connectivity index (χ2v) is 9.44. The van der Waals surface area contributed by atoms with Crippen molar-refractivity contribution < 1.29 is 10.1 Å². The first-order valence-electron chi connectivity index (χ1n) is 10.6. The van der Waals surface area contributed by atoms with E-state index >= 15 is 0 Å². The van der Waals surface area contributed by atoms with Gasteiger partial charge in [-0.1, -0.05) is 53.5 Å². The van der Waals surface area contributed by atoms with Crippen LogP contribution in [0.25, 0.3) is 0 Å². The summed E-state index contributed by atoms with van der Waals surface area (Å²) in [5, 5.41) is 7.09. The molecule has 1 saturated heterocycles. The number of halogens is 2. The van der Waals surface area contributed by atoms with E-state index in [1.165, 1.54) is 11.1 Å². The van der Waals surface area contributed by atoms with Crippen molar-refractivity contribution in [2.45, 2.75) is 43.7 Å². The largest absolute Gasteiger partial charge is 0.346 e. The van der Waals surface area contributed by atoms with Gasteiger partial charge in [-0.15, -0.1) is 0 Å². The number of carbonyl (C=O) groups is 1. The Morgan fingerprint density at radius 3 is 2.76 bits per heavy atom. The number of quaternary nitrogens is 1. The summed E-state index contributed by atoms with van der Waals surface area (Å²) in [6.07, 6.45) is 8.56. The van der Waals surface area contributed by atoms with Crippen LogP contribution in [0.2, 0.25) is 0 Å². The standard InChI is InChI=1S/C23H29Cl2N3O/c1-26-21(17-6-7-19(24)20(25)14-17)8-11-28-12-9-23(10-13-28)18-5-3-2-4-16(18)15-22(29)27-23/h2-7,17,21,26H,8-15H2,1H3,(H,27,29)/p+1/t17?,21-/m0/s1. The van der Waals surface area contributed by atoms with Crippen molar-refractivity contribution in [1.29, 1.82) is 0 Å². The van der Waals surface area contributed by atoms with Gasteiger partial charge < -0.3 is 15.5 Å². The highest BCUT2D eigenvalue weighted by molar-refractivity contribution is 6.40. The molecule has 0 aromatic heterocycles. The number of allylic oxidation sites excluding steroid dienone is 3. The number of rotatable bonds is 5. The molecule has 1 aromatic rings. The van der Waals surface area contributed by atoms with Crippen LogP contribution in [0.5, 0.6) is 0 Å². The highest BCUT2D eigenvalue weighted by Gasteiger charge is 2.41. The van der Waals surface area contributed by atoms with Crippen LogP contribution in [0.15, 0.2) is 46.5 Å². The van der Waals surface area contributed by atoms with Gasteiger partial charge in [-0.25, -0.2) is 0 Å². The Balaban J connectivity index is 1.35. The zero-order valence-electron chi connectivity index (χ0n) is 17.0. The molecule has 156 valence electrons. The summed E-state index contributed by atoms with van der Waals surface area (Å²) in [5.41, 5.74) is 2.34. The highest BCUT2D eigenvalue weighted by atomic mass is 35.5. The monoisotopic (exact) mass is 434 g/mol. The first-order chi connectivity index (χ1) is 14.0. The van der Waals surface area contributed by atoms with Crippen molar-refractivity contribution in [3.8, 4) is 0 Å². The molecule has 4 nitrogen and oxygen atoms in total. The molecule has 1 amide bonds. The van der Waals surface area contributed by atoms with E-state index in [0.29, 0.717) is 23.4 Å². The van der Waals surface area contributed by atoms with Crippen molar-refractivity contribution in [3.05, 3.63) is 57.6 Å². The molecular formula is C23H30Cl2N3O+. The van der Waals surface area contributed by atoms with Crippen molar-refractivity contribution >= 4 is 29.1 Å². The van der Waals surface area contributed by atoms with Gasteiger partial charge in [0, 0.05) is 37.0 Å². The van der Waals surface area contributed by atoms with Crippen LogP contribution in [0.3, 0.4) is 0 Å². The lowest BCUT2D eigenvalue weighted by molar-refractivity contribution is -0.669. The van der Waals surface area contributed by atoms with E-state index in [4.69, 9.17) is 23.2 Å². The van der Waals surface area contributed by atoms with Gasteiger partial charge in [0.05, 0.1) is 30.1 Å². The summed E-state index contributed by atoms with van der Waals surface area (Å²) in [6.45, 7) is 3.09. The maximum atomic E-state index is 12.3. The first kappa shape index (κ1) is 20.9. The molecule has 1 aromatic carbocycles. The maximum absolute atomic E-state index is 12.3. The molecule has 6 heteroatoms. The van der Waals surface area contributed by atoms with E-state index in [2.05, 4.69) is 46.9 Å². The number of amides is 1. The normalized spacial score (nSPS) is 25.1. The summed E-state index contributed by atoms with van der Waals surface area (Å²) in [6, 6.07) is 8.93.